The zero-order valence-corrected chi connectivity index (χ0v) is 21.2. The summed E-state index contributed by atoms with van der Waals surface area (Å²) in [7, 11) is 3.23. The summed E-state index contributed by atoms with van der Waals surface area (Å²) in [5.74, 6) is 1.25. The Morgan fingerprint density at radius 3 is 2.49 bits per heavy atom. The number of methoxy groups -OCH3 is 2. The fourth-order valence-corrected chi connectivity index (χ4v) is 5.15. The molecule has 7 heteroatoms. The molecule has 2 N–H and O–H groups in total. The van der Waals surface area contributed by atoms with Crippen LogP contribution in [-0.2, 0) is 24.2 Å². The minimum absolute atomic E-state index is 0.0132. The molecule has 0 fully saturated rings. The van der Waals surface area contributed by atoms with E-state index < -0.39 is 6.04 Å². The molecule has 0 aromatic heterocycles. The summed E-state index contributed by atoms with van der Waals surface area (Å²) in [5, 5.41) is 6.29. The fourth-order valence-electron chi connectivity index (χ4n) is 5.15. The molecular weight excluding hydrogens is 442 g/mol. The highest BCUT2D eigenvalue weighted by atomic mass is 16.5. The second kappa shape index (κ2) is 11.0. The Kier molecular flexibility index (Phi) is 7.83. The van der Waals surface area contributed by atoms with E-state index in [1.807, 2.05) is 38.1 Å². The van der Waals surface area contributed by atoms with Crippen LogP contribution in [0, 0.1) is 5.92 Å². The normalized spacial score (nSPS) is 18.5. The van der Waals surface area contributed by atoms with E-state index in [-0.39, 0.29) is 23.9 Å². The van der Waals surface area contributed by atoms with E-state index in [1.165, 1.54) is 11.1 Å². The molecule has 188 valence electrons. The largest absolute Gasteiger partial charge is 0.493 e. The smallest absolute Gasteiger partial charge is 0.318 e. The van der Waals surface area contributed by atoms with Crippen LogP contribution in [0.4, 0.5) is 4.79 Å². The number of hydrogen-bond donors (Lipinski definition) is 2. The number of fused-ring (bicyclic) bond motifs is 2. The third kappa shape index (κ3) is 5.39. The van der Waals surface area contributed by atoms with Gasteiger partial charge in [-0.25, -0.2) is 4.79 Å². The van der Waals surface area contributed by atoms with Crippen LogP contribution in [0.2, 0.25) is 0 Å². The van der Waals surface area contributed by atoms with Crippen molar-refractivity contribution in [2.75, 3.05) is 20.8 Å². The Morgan fingerprint density at radius 2 is 1.77 bits per heavy atom. The number of nitrogens with one attached hydrogen (secondary N) is 2. The molecule has 0 spiro atoms. The van der Waals surface area contributed by atoms with Gasteiger partial charge in [-0.2, -0.15) is 0 Å². The van der Waals surface area contributed by atoms with Crippen molar-refractivity contribution >= 4 is 11.9 Å². The van der Waals surface area contributed by atoms with Crippen LogP contribution in [0.15, 0.2) is 36.4 Å². The van der Waals surface area contributed by atoms with Gasteiger partial charge >= 0.3 is 6.03 Å². The first-order valence-corrected chi connectivity index (χ1v) is 12.6. The van der Waals surface area contributed by atoms with E-state index >= 15 is 0 Å². The second-order valence-corrected chi connectivity index (χ2v) is 9.61. The van der Waals surface area contributed by atoms with E-state index in [9.17, 15) is 9.59 Å². The standard InChI is InChI=1S/C28H37N3O4/c1-5-18(2)26(27(32)29-23-12-8-10-19-9-6-7-11-22(19)23)30-28(33)31-14-13-20-15-24(34-3)25(35-4)16-21(20)17-31/h6-7,9,11,15-16,18,23,26H,5,8,10,12-14,17H2,1-4H3,(H,29,32)(H,30,33)/t18?,23?,26-/m0/s1. The lowest BCUT2D eigenvalue weighted by molar-refractivity contribution is -0.125. The quantitative estimate of drug-likeness (QED) is 0.618. The van der Waals surface area contributed by atoms with Crippen LogP contribution >= 0.6 is 0 Å². The SMILES string of the molecule is CCC(C)[C@H](NC(=O)N1CCc2cc(OC)c(OC)cc2C1)C(=O)NC1CCCc2ccccc21. The Hall–Kier alpha value is -3.22. The Bertz CT molecular complexity index is 1070. The number of carbonyl (C=O) groups is 2. The summed E-state index contributed by atoms with van der Waals surface area (Å²) < 4.78 is 10.9. The lowest BCUT2D eigenvalue weighted by Crippen LogP contribution is -2.55. The van der Waals surface area contributed by atoms with Crippen LogP contribution in [0.3, 0.4) is 0 Å². The number of nitrogens with zero attached hydrogens (tertiary/aromatic N) is 1. The zero-order valence-electron chi connectivity index (χ0n) is 21.2. The zero-order chi connectivity index (χ0) is 24.9. The highest BCUT2D eigenvalue weighted by Crippen LogP contribution is 2.33. The number of aryl methyl sites for hydroxylation is 1. The molecule has 1 aliphatic heterocycles. The first kappa shape index (κ1) is 24.9. The van der Waals surface area contributed by atoms with E-state index in [0.717, 1.165) is 43.2 Å². The number of amides is 3. The Morgan fingerprint density at radius 1 is 1.06 bits per heavy atom. The molecule has 0 saturated carbocycles. The Balaban J connectivity index is 1.46. The number of carbonyl (C=O) groups excluding carboxylic acids is 2. The summed E-state index contributed by atoms with van der Waals surface area (Å²) in [6.45, 7) is 5.11. The van der Waals surface area contributed by atoms with Crippen molar-refractivity contribution in [3.8, 4) is 11.5 Å². The van der Waals surface area contributed by atoms with Gasteiger partial charge in [0.25, 0.3) is 0 Å². The number of rotatable bonds is 7. The molecule has 0 bridgehead atoms. The fraction of sp³-hybridized carbons (Fsp3) is 0.500. The predicted molar refractivity (Wildman–Crippen MR) is 136 cm³/mol. The van der Waals surface area contributed by atoms with Gasteiger partial charge < -0.3 is 25.0 Å². The molecule has 2 aromatic carbocycles. The molecule has 1 aliphatic carbocycles. The maximum absolute atomic E-state index is 13.4. The topological polar surface area (TPSA) is 79.9 Å². The van der Waals surface area contributed by atoms with E-state index in [1.54, 1.807) is 19.1 Å². The average molecular weight is 480 g/mol. The second-order valence-electron chi connectivity index (χ2n) is 9.61. The molecule has 2 unspecified atom stereocenters. The van der Waals surface area contributed by atoms with Crippen LogP contribution < -0.4 is 20.1 Å². The van der Waals surface area contributed by atoms with Crippen LogP contribution in [0.1, 0.15) is 61.4 Å². The van der Waals surface area contributed by atoms with Gasteiger partial charge in [0.1, 0.15) is 6.04 Å². The molecule has 3 atom stereocenters. The maximum Gasteiger partial charge on any atom is 0.318 e. The highest BCUT2D eigenvalue weighted by molar-refractivity contribution is 5.87. The molecule has 4 rings (SSSR count). The van der Waals surface area contributed by atoms with Gasteiger partial charge in [-0.15, -0.1) is 0 Å². The van der Waals surface area contributed by atoms with Crippen LogP contribution in [-0.4, -0.2) is 43.6 Å². The van der Waals surface area contributed by atoms with Gasteiger partial charge in [0.05, 0.1) is 20.3 Å². The van der Waals surface area contributed by atoms with E-state index in [0.29, 0.717) is 24.6 Å². The molecule has 35 heavy (non-hydrogen) atoms. The van der Waals surface area contributed by atoms with Gasteiger partial charge in [0.2, 0.25) is 5.91 Å². The number of benzene rings is 2. The summed E-state index contributed by atoms with van der Waals surface area (Å²) in [6.07, 6.45) is 4.52. The first-order chi connectivity index (χ1) is 16.9. The van der Waals surface area contributed by atoms with Crippen LogP contribution in [0.5, 0.6) is 11.5 Å². The molecule has 7 nitrogen and oxygen atoms in total. The molecule has 1 heterocycles. The van der Waals surface area contributed by atoms with Crippen molar-refractivity contribution in [3.63, 3.8) is 0 Å². The average Bonchev–Trinajstić information content (AvgIpc) is 2.90. The monoisotopic (exact) mass is 479 g/mol. The van der Waals surface area contributed by atoms with Crippen molar-refractivity contribution in [2.24, 2.45) is 5.92 Å². The summed E-state index contributed by atoms with van der Waals surface area (Å²) >= 11 is 0. The molecule has 2 aliphatic rings. The third-order valence-electron chi connectivity index (χ3n) is 7.47. The molecule has 3 amide bonds. The number of hydrogen-bond acceptors (Lipinski definition) is 4. The van der Waals surface area contributed by atoms with Crippen molar-refractivity contribution in [1.29, 1.82) is 0 Å². The minimum Gasteiger partial charge on any atom is -0.493 e. The van der Waals surface area contributed by atoms with Crippen molar-refractivity contribution in [1.82, 2.24) is 15.5 Å². The van der Waals surface area contributed by atoms with Crippen LogP contribution in [0.25, 0.3) is 0 Å². The molecule has 2 aromatic rings. The third-order valence-corrected chi connectivity index (χ3v) is 7.47. The van der Waals surface area contributed by atoms with Crippen molar-refractivity contribution in [2.45, 2.75) is 64.6 Å². The molecular formula is C28H37N3O4. The lowest BCUT2D eigenvalue weighted by atomic mass is 9.87. The first-order valence-electron chi connectivity index (χ1n) is 12.6. The summed E-state index contributed by atoms with van der Waals surface area (Å²) in [4.78, 5) is 28.5. The molecule has 0 radical (unpaired) electrons. The highest BCUT2D eigenvalue weighted by Gasteiger charge is 2.32. The van der Waals surface area contributed by atoms with Gasteiger partial charge in [-0.3, -0.25) is 4.79 Å². The predicted octanol–water partition coefficient (Wildman–Crippen LogP) is 4.38. The summed E-state index contributed by atoms with van der Waals surface area (Å²) in [6, 6.07) is 11.4. The van der Waals surface area contributed by atoms with E-state index in [2.05, 4.69) is 22.8 Å². The van der Waals surface area contributed by atoms with Crippen molar-refractivity contribution in [3.05, 3.63) is 58.7 Å². The van der Waals surface area contributed by atoms with Gasteiger partial charge in [-0.1, -0.05) is 44.5 Å². The van der Waals surface area contributed by atoms with Gasteiger partial charge in [-0.05, 0) is 66.0 Å². The van der Waals surface area contributed by atoms with E-state index in [4.69, 9.17) is 9.47 Å². The number of ether oxygens (including phenoxy) is 2. The Labute approximate surface area is 208 Å². The van der Waals surface area contributed by atoms with Crippen molar-refractivity contribution < 1.29 is 19.1 Å². The molecule has 0 saturated heterocycles. The maximum atomic E-state index is 13.4. The summed E-state index contributed by atoms with van der Waals surface area (Å²) in [5.41, 5.74) is 4.68. The minimum atomic E-state index is -0.589. The van der Waals surface area contributed by atoms with Gasteiger partial charge in [0, 0.05) is 13.1 Å². The van der Waals surface area contributed by atoms with Gasteiger partial charge in [0.15, 0.2) is 11.5 Å². The lowest BCUT2D eigenvalue weighted by Gasteiger charge is -2.33. The number of urea groups is 1.